The van der Waals surface area contributed by atoms with E-state index in [4.69, 9.17) is 15.6 Å². The largest absolute Gasteiger partial charge is 0.515 e. The van der Waals surface area contributed by atoms with Gasteiger partial charge in [-0.05, 0) is 30.4 Å². The Hall–Kier alpha value is -1.74. The first-order chi connectivity index (χ1) is 5.83. The van der Waals surface area contributed by atoms with E-state index in [0.717, 1.165) is 31.1 Å². The lowest BCUT2D eigenvalue weighted by atomic mass is 10.1. The fourth-order valence-electron chi connectivity index (χ4n) is 1.36. The van der Waals surface area contributed by atoms with E-state index >= 15 is 0 Å². The van der Waals surface area contributed by atoms with E-state index in [1.807, 2.05) is 12.1 Å². The van der Waals surface area contributed by atoms with Crippen molar-refractivity contribution in [3.8, 4) is 12.1 Å². The van der Waals surface area contributed by atoms with Gasteiger partial charge in [0.15, 0.2) is 0 Å². The van der Waals surface area contributed by atoms with Gasteiger partial charge < -0.3 is 5.11 Å². The third-order valence-corrected chi connectivity index (χ3v) is 1.94. The normalized spacial score (nSPS) is 18.8. The number of aliphatic hydroxyl groups is 1. The van der Waals surface area contributed by atoms with E-state index in [0.29, 0.717) is 5.57 Å². The number of allylic oxidation sites excluding steroid dienone is 3. The van der Waals surface area contributed by atoms with Crippen LogP contribution in [0.25, 0.3) is 0 Å². The van der Waals surface area contributed by atoms with Crippen molar-refractivity contribution in [3.63, 3.8) is 0 Å². The van der Waals surface area contributed by atoms with Crippen molar-refractivity contribution >= 4 is 0 Å². The van der Waals surface area contributed by atoms with Crippen molar-refractivity contribution in [2.24, 2.45) is 0 Å². The molecule has 0 radical (unpaired) electrons. The Balaban J connectivity index is 3.12. The van der Waals surface area contributed by atoms with Crippen LogP contribution < -0.4 is 0 Å². The summed E-state index contributed by atoms with van der Waals surface area (Å²) in [6.45, 7) is 0. The molecule has 0 heterocycles. The van der Waals surface area contributed by atoms with Gasteiger partial charge in [-0.2, -0.15) is 10.5 Å². The third kappa shape index (κ3) is 1.31. The van der Waals surface area contributed by atoms with Gasteiger partial charge in [0.1, 0.15) is 17.7 Å². The van der Waals surface area contributed by atoms with E-state index in [9.17, 15) is 0 Å². The molecule has 1 aliphatic rings. The quantitative estimate of drug-likeness (QED) is 0.435. The number of hydrogen-bond donors (Lipinski definition) is 1. The van der Waals surface area contributed by atoms with Crippen LogP contribution in [0.15, 0.2) is 23.0 Å². The van der Waals surface area contributed by atoms with E-state index in [1.54, 1.807) is 0 Å². The van der Waals surface area contributed by atoms with Crippen LogP contribution >= 0.6 is 0 Å². The van der Waals surface area contributed by atoms with E-state index in [-0.39, 0.29) is 5.57 Å². The minimum absolute atomic E-state index is 0.132. The van der Waals surface area contributed by atoms with Crippen molar-refractivity contribution in [1.82, 2.24) is 0 Å². The zero-order valence-electron chi connectivity index (χ0n) is 6.54. The monoisotopic (exact) mass is 160 g/mol. The highest BCUT2D eigenvalue weighted by molar-refractivity contribution is 5.50. The maximum Gasteiger partial charge on any atom is 0.133 e. The van der Waals surface area contributed by atoms with Crippen LogP contribution in [0.2, 0.25) is 0 Å². The standard InChI is InChI=1S/C9H8N2O/c10-4-8(5-11)9-3-1-2-7(9)6-12/h6,12H,1-3H2/b7-6+. The van der Waals surface area contributed by atoms with E-state index in [1.165, 1.54) is 0 Å². The number of hydrogen-bond acceptors (Lipinski definition) is 3. The topological polar surface area (TPSA) is 67.8 Å². The molecule has 0 aliphatic heterocycles. The van der Waals surface area contributed by atoms with Gasteiger partial charge >= 0.3 is 0 Å². The van der Waals surface area contributed by atoms with Gasteiger partial charge in [-0.15, -0.1) is 0 Å². The summed E-state index contributed by atoms with van der Waals surface area (Å²) in [7, 11) is 0. The molecular formula is C9H8N2O. The van der Waals surface area contributed by atoms with Gasteiger partial charge in [-0.1, -0.05) is 0 Å². The molecule has 0 atom stereocenters. The lowest BCUT2D eigenvalue weighted by molar-refractivity contribution is 0.467. The third-order valence-electron chi connectivity index (χ3n) is 1.94. The Morgan fingerprint density at radius 2 is 2.00 bits per heavy atom. The lowest BCUT2D eigenvalue weighted by Gasteiger charge is -1.96. The molecule has 0 aromatic heterocycles. The molecule has 0 bridgehead atoms. The Bertz CT molecular complexity index is 309. The Morgan fingerprint density at radius 1 is 1.33 bits per heavy atom. The van der Waals surface area contributed by atoms with Crippen LogP contribution in [0.1, 0.15) is 19.3 Å². The molecule has 0 aromatic rings. The minimum atomic E-state index is 0.132. The highest BCUT2D eigenvalue weighted by Gasteiger charge is 2.17. The second-order valence-corrected chi connectivity index (χ2v) is 2.59. The second-order valence-electron chi connectivity index (χ2n) is 2.59. The zero-order valence-corrected chi connectivity index (χ0v) is 6.54. The molecule has 0 saturated heterocycles. The molecule has 3 nitrogen and oxygen atoms in total. The van der Waals surface area contributed by atoms with Crippen LogP contribution in [0.5, 0.6) is 0 Å². The first-order valence-corrected chi connectivity index (χ1v) is 3.70. The molecule has 1 rings (SSSR count). The summed E-state index contributed by atoms with van der Waals surface area (Å²) < 4.78 is 0. The first kappa shape index (κ1) is 8.36. The SMILES string of the molecule is N#CC(C#N)=C1CCC/C1=C\O. The molecule has 1 N–H and O–H groups in total. The Kier molecular flexibility index (Phi) is 2.50. The van der Waals surface area contributed by atoms with E-state index in [2.05, 4.69) is 0 Å². The molecule has 60 valence electrons. The molecular weight excluding hydrogens is 152 g/mol. The molecule has 0 amide bonds. The Morgan fingerprint density at radius 3 is 2.50 bits per heavy atom. The minimum Gasteiger partial charge on any atom is -0.515 e. The fraction of sp³-hybridized carbons (Fsp3) is 0.333. The maximum absolute atomic E-state index is 8.76. The lowest BCUT2D eigenvalue weighted by Crippen LogP contribution is -1.85. The molecule has 1 fully saturated rings. The molecule has 1 saturated carbocycles. The van der Waals surface area contributed by atoms with Gasteiger partial charge in [0.25, 0.3) is 0 Å². The van der Waals surface area contributed by atoms with Crippen LogP contribution in [-0.4, -0.2) is 5.11 Å². The van der Waals surface area contributed by atoms with E-state index < -0.39 is 0 Å². The highest BCUT2D eigenvalue weighted by atomic mass is 16.2. The number of aliphatic hydroxyl groups excluding tert-OH is 1. The molecule has 3 heteroatoms. The van der Waals surface area contributed by atoms with Gasteiger partial charge in [-0.25, -0.2) is 0 Å². The van der Waals surface area contributed by atoms with Crippen molar-refractivity contribution in [3.05, 3.63) is 23.0 Å². The summed E-state index contributed by atoms with van der Waals surface area (Å²) in [6.07, 6.45) is 3.40. The summed E-state index contributed by atoms with van der Waals surface area (Å²) in [4.78, 5) is 0. The second kappa shape index (κ2) is 3.59. The molecule has 12 heavy (non-hydrogen) atoms. The number of rotatable bonds is 0. The Labute approximate surface area is 70.9 Å². The van der Waals surface area contributed by atoms with Gasteiger partial charge in [0.05, 0.1) is 6.26 Å². The average molecular weight is 160 g/mol. The summed E-state index contributed by atoms with van der Waals surface area (Å²) in [5.41, 5.74) is 1.57. The summed E-state index contributed by atoms with van der Waals surface area (Å²) >= 11 is 0. The van der Waals surface area contributed by atoms with Crippen molar-refractivity contribution in [2.45, 2.75) is 19.3 Å². The van der Waals surface area contributed by atoms with Crippen LogP contribution in [0, 0.1) is 22.7 Å². The zero-order chi connectivity index (χ0) is 8.97. The van der Waals surface area contributed by atoms with Crippen LogP contribution in [0.3, 0.4) is 0 Å². The maximum atomic E-state index is 8.76. The smallest absolute Gasteiger partial charge is 0.133 e. The highest BCUT2D eigenvalue weighted by Crippen LogP contribution is 2.31. The first-order valence-electron chi connectivity index (χ1n) is 3.70. The average Bonchev–Trinajstić information content (AvgIpc) is 2.55. The fourth-order valence-corrected chi connectivity index (χ4v) is 1.36. The summed E-state index contributed by atoms with van der Waals surface area (Å²) in [6, 6.07) is 3.65. The molecule has 1 aliphatic carbocycles. The van der Waals surface area contributed by atoms with Crippen molar-refractivity contribution in [2.75, 3.05) is 0 Å². The summed E-state index contributed by atoms with van der Waals surface area (Å²) in [5.74, 6) is 0. The predicted molar refractivity (Wildman–Crippen MR) is 42.8 cm³/mol. The predicted octanol–water partition coefficient (Wildman–Crippen LogP) is 1.96. The molecule has 0 spiro atoms. The summed E-state index contributed by atoms with van der Waals surface area (Å²) in [5, 5.41) is 25.9. The molecule has 0 aromatic carbocycles. The van der Waals surface area contributed by atoms with Crippen LogP contribution in [0.4, 0.5) is 0 Å². The van der Waals surface area contributed by atoms with Gasteiger partial charge in [-0.3, -0.25) is 0 Å². The van der Waals surface area contributed by atoms with Crippen LogP contribution in [-0.2, 0) is 0 Å². The van der Waals surface area contributed by atoms with Crippen molar-refractivity contribution < 1.29 is 5.11 Å². The molecule has 0 unspecified atom stereocenters. The number of nitrogens with zero attached hydrogens (tertiary/aromatic N) is 2. The van der Waals surface area contributed by atoms with Crippen molar-refractivity contribution in [1.29, 1.82) is 10.5 Å². The van der Waals surface area contributed by atoms with Gasteiger partial charge in [0, 0.05) is 0 Å². The van der Waals surface area contributed by atoms with Gasteiger partial charge in [0.2, 0.25) is 0 Å². The number of nitriles is 2.